The largest absolute Gasteiger partial charge is 0.478 e. The van der Waals surface area contributed by atoms with Gasteiger partial charge in [-0.1, -0.05) is 0 Å². The molecule has 1 fully saturated rings. The van der Waals surface area contributed by atoms with Gasteiger partial charge in [-0.15, -0.1) is 0 Å². The summed E-state index contributed by atoms with van der Waals surface area (Å²) in [7, 11) is 0. The fourth-order valence-corrected chi connectivity index (χ4v) is 1.63. The van der Waals surface area contributed by atoms with Gasteiger partial charge in [0.2, 0.25) is 0 Å². The standard InChI is InChI=1S/C10H9BrFNO2/c11-7-3-6(10(14)15)9(4-8(7)12)13-5-1-2-5/h3-5,13H,1-2H2,(H,14,15). The number of carbonyl (C=O) groups is 1. The minimum absolute atomic E-state index is 0.0928. The van der Waals surface area contributed by atoms with Gasteiger partial charge in [0.05, 0.1) is 15.7 Å². The van der Waals surface area contributed by atoms with Gasteiger partial charge in [0, 0.05) is 6.04 Å². The zero-order valence-electron chi connectivity index (χ0n) is 7.76. The molecule has 0 unspecified atom stereocenters. The van der Waals surface area contributed by atoms with Crippen LogP contribution < -0.4 is 5.32 Å². The number of aromatic carboxylic acids is 1. The number of hydrogen-bond acceptors (Lipinski definition) is 2. The van der Waals surface area contributed by atoms with Crippen LogP contribution in [-0.4, -0.2) is 17.1 Å². The van der Waals surface area contributed by atoms with Gasteiger partial charge in [0.15, 0.2) is 0 Å². The number of halogens is 2. The van der Waals surface area contributed by atoms with Crippen LogP contribution in [0.4, 0.5) is 10.1 Å². The van der Waals surface area contributed by atoms with E-state index in [0.29, 0.717) is 11.7 Å². The molecule has 5 heteroatoms. The third-order valence-electron chi connectivity index (χ3n) is 2.23. The Bertz CT molecular complexity index is 418. The third-order valence-corrected chi connectivity index (χ3v) is 2.84. The predicted octanol–water partition coefficient (Wildman–Crippen LogP) is 2.86. The first kappa shape index (κ1) is 10.4. The van der Waals surface area contributed by atoms with Crippen LogP contribution >= 0.6 is 15.9 Å². The molecule has 0 aliphatic heterocycles. The van der Waals surface area contributed by atoms with Crippen molar-refractivity contribution < 1.29 is 14.3 Å². The van der Waals surface area contributed by atoms with Crippen LogP contribution in [0, 0.1) is 5.82 Å². The van der Waals surface area contributed by atoms with Crippen molar-refractivity contribution in [3.63, 3.8) is 0 Å². The first-order chi connectivity index (χ1) is 7.08. The quantitative estimate of drug-likeness (QED) is 0.891. The Labute approximate surface area is 94.4 Å². The van der Waals surface area contributed by atoms with Crippen molar-refractivity contribution in [2.24, 2.45) is 0 Å². The van der Waals surface area contributed by atoms with Gasteiger partial charge in [-0.3, -0.25) is 0 Å². The summed E-state index contributed by atoms with van der Waals surface area (Å²) in [5, 5.41) is 11.9. The molecule has 0 amide bonds. The maximum absolute atomic E-state index is 13.2. The Morgan fingerprint density at radius 1 is 1.53 bits per heavy atom. The minimum Gasteiger partial charge on any atom is -0.478 e. The second kappa shape index (κ2) is 3.81. The summed E-state index contributed by atoms with van der Waals surface area (Å²) in [4.78, 5) is 10.9. The summed E-state index contributed by atoms with van der Waals surface area (Å²) in [5.41, 5.74) is 0.445. The molecule has 0 aromatic heterocycles. The smallest absolute Gasteiger partial charge is 0.337 e. The molecular weight excluding hydrogens is 265 g/mol. The van der Waals surface area contributed by atoms with Gasteiger partial charge < -0.3 is 10.4 Å². The van der Waals surface area contributed by atoms with Crippen LogP contribution in [0.3, 0.4) is 0 Å². The molecule has 1 saturated carbocycles. The molecular formula is C10H9BrFNO2. The number of benzene rings is 1. The van der Waals surface area contributed by atoms with Crippen LogP contribution in [0.2, 0.25) is 0 Å². The Hall–Kier alpha value is -1.10. The molecule has 1 aliphatic rings. The lowest BCUT2D eigenvalue weighted by atomic mass is 10.1. The van der Waals surface area contributed by atoms with Crippen molar-refractivity contribution in [2.75, 3.05) is 5.32 Å². The van der Waals surface area contributed by atoms with E-state index in [1.807, 2.05) is 0 Å². The highest BCUT2D eigenvalue weighted by atomic mass is 79.9. The lowest BCUT2D eigenvalue weighted by Crippen LogP contribution is -2.08. The molecule has 15 heavy (non-hydrogen) atoms. The van der Waals surface area contributed by atoms with E-state index in [1.165, 1.54) is 12.1 Å². The van der Waals surface area contributed by atoms with Gasteiger partial charge in [0.25, 0.3) is 0 Å². The second-order valence-corrected chi connectivity index (χ2v) is 4.39. The monoisotopic (exact) mass is 273 g/mol. The predicted molar refractivity (Wildman–Crippen MR) is 57.7 cm³/mol. The lowest BCUT2D eigenvalue weighted by molar-refractivity contribution is 0.0698. The van der Waals surface area contributed by atoms with Gasteiger partial charge in [-0.25, -0.2) is 9.18 Å². The second-order valence-electron chi connectivity index (χ2n) is 3.54. The molecule has 0 atom stereocenters. The molecule has 3 nitrogen and oxygen atoms in total. The third kappa shape index (κ3) is 2.28. The van der Waals surface area contributed by atoms with Gasteiger partial charge in [-0.2, -0.15) is 0 Å². The molecule has 2 rings (SSSR count). The molecule has 0 radical (unpaired) electrons. The van der Waals surface area contributed by atoms with E-state index >= 15 is 0 Å². The molecule has 0 heterocycles. The van der Waals surface area contributed by atoms with Crippen molar-refractivity contribution in [1.29, 1.82) is 0 Å². The Balaban J connectivity index is 2.39. The van der Waals surface area contributed by atoms with Crippen molar-refractivity contribution in [2.45, 2.75) is 18.9 Å². The average molecular weight is 274 g/mol. The van der Waals surface area contributed by atoms with E-state index in [-0.39, 0.29) is 10.0 Å². The molecule has 1 aliphatic carbocycles. The summed E-state index contributed by atoms with van der Waals surface area (Å²) < 4.78 is 13.4. The first-order valence-corrected chi connectivity index (χ1v) is 5.36. The maximum Gasteiger partial charge on any atom is 0.337 e. The summed E-state index contributed by atoms with van der Waals surface area (Å²) in [6.45, 7) is 0. The van der Waals surface area contributed by atoms with Crippen molar-refractivity contribution in [3.8, 4) is 0 Å². The summed E-state index contributed by atoms with van der Waals surface area (Å²) >= 11 is 2.96. The molecule has 2 N–H and O–H groups in total. The molecule has 80 valence electrons. The maximum atomic E-state index is 13.2. The van der Waals surface area contributed by atoms with Crippen molar-refractivity contribution >= 4 is 27.6 Å². The fraction of sp³-hybridized carbons (Fsp3) is 0.300. The van der Waals surface area contributed by atoms with Crippen LogP contribution in [0.1, 0.15) is 23.2 Å². The SMILES string of the molecule is O=C(O)c1cc(Br)c(F)cc1NC1CC1. The van der Waals surface area contributed by atoms with Gasteiger partial charge >= 0.3 is 5.97 Å². The minimum atomic E-state index is -1.06. The summed E-state index contributed by atoms with van der Waals surface area (Å²) in [5.74, 6) is -1.51. The van der Waals surface area contributed by atoms with E-state index in [9.17, 15) is 9.18 Å². The molecule has 1 aromatic carbocycles. The van der Waals surface area contributed by atoms with Crippen LogP contribution in [0.15, 0.2) is 16.6 Å². The number of anilines is 1. The van der Waals surface area contributed by atoms with Crippen molar-refractivity contribution in [1.82, 2.24) is 0 Å². The lowest BCUT2D eigenvalue weighted by Gasteiger charge is -2.09. The van der Waals surface area contributed by atoms with Crippen LogP contribution in [-0.2, 0) is 0 Å². The number of carboxylic acid groups (broad SMARTS) is 1. The topological polar surface area (TPSA) is 49.3 Å². The molecule has 0 saturated heterocycles. The highest BCUT2D eigenvalue weighted by molar-refractivity contribution is 9.10. The summed E-state index contributed by atoms with van der Waals surface area (Å²) in [6.07, 6.45) is 2.02. The molecule has 0 bridgehead atoms. The zero-order chi connectivity index (χ0) is 11.0. The van der Waals surface area contributed by atoms with Crippen molar-refractivity contribution in [3.05, 3.63) is 28.0 Å². The van der Waals surface area contributed by atoms with E-state index in [4.69, 9.17) is 5.11 Å². The number of carboxylic acids is 1. The van der Waals surface area contributed by atoms with E-state index in [1.54, 1.807) is 0 Å². The number of rotatable bonds is 3. The zero-order valence-corrected chi connectivity index (χ0v) is 9.34. The number of nitrogens with one attached hydrogen (secondary N) is 1. The Kier molecular flexibility index (Phi) is 2.65. The van der Waals surface area contributed by atoms with Crippen LogP contribution in [0.25, 0.3) is 0 Å². The van der Waals surface area contributed by atoms with Gasteiger partial charge in [0.1, 0.15) is 5.82 Å². The van der Waals surface area contributed by atoms with E-state index in [0.717, 1.165) is 12.8 Å². The average Bonchev–Trinajstić information content (AvgIpc) is 2.94. The van der Waals surface area contributed by atoms with E-state index < -0.39 is 11.8 Å². The summed E-state index contributed by atoms with van der Waals surface area (Å²) in [6, 6.07) is 2.79. The van der Waals surface area contributed by atoms with Gasteiger partial charge in [-0.05, 0) is 40.9 Å². The molecule has 0 spiro atoms. The highest BCUT2D eigenvalue weighted by Crippen LogP contribution is 2.30. The van der Waals surface area contributed by atoms with Crippen LogP contribution in [0.5, 0.6) is 0 Å². The number of hydrogen-bond donors (Lipinski definition) is 2. The first-order valence-electron chi connectivity index (χ1n) is 4.57. The normalized spacial score (nSPS) is 15.1. The fourth-order valence-electron chi connectivity index (χ4n) is 1.29. The molecule has 1 aromatic rings. The Morgan fingerprint density at radius 3 is 2.73 bits per heavy atom. The highest BCUT2D eigenvalue weighted by Gasteiger charge is 2.24. The van der Waals surface area contributed by atoms with E-state index in [2.05, 4.69) is 21.2 Å². The Morgan fingerprint density at radius 2 is 2.20 bits per heavy atom.